The lowest BCUT2D eigenvalue weighted by Crippen LogP contribution is -2.35. The molecule has 0 unspecified atom stereocenters. The van der Waals surface area contributed by atoms with Gasteiger partial charge in [0.05, 0.1) is 23.8 Å². The first-order chi connectivity index (χ1) is 13.7. The second-order valence-corrected chi connectivity index (χ2v) is 8.85. The number of hydrogen-bond donors (Lipinski definition) is 0. The summed E-state index contributed by atoms with van der Waals surface area (Å²) in [6.45, 7) is -0.380. The fourth-order valence-electron chi connectivity index (χ4n) is 2.53. The van der Waals surface area contributed by atoms with E-state index in [0.717, 1.165) is 6.26 Å². The highest BCUT2D eigenvalue weighted by Crippen LogP contribution is 2.20. The Morgan fingerprint density at radius 1 is 1.17 bits per heavy atom. The topological polar surface area (TPSA) is 105 Å². The molecule has 7 nitrogen and oxygen atoms in total. The minimum absolute atomic E-state index is 0.105. The number of ether oxygens (including phenoxy) is 1. The van der Waals surface area contributed by atoms with E-state index in [1.807, 2.05) is 6.07 Å². The maximum atomic E-state index is 12.5. The van der Waals surface area contributed by atoms with Gasteiger partial charge in [-0.15, -0.1) is 0 Å². The Morgan fingerprint density at radius 3 is 2.45 bits per heavy atom. The molecule has 2 rings (SSSR count). The Morgan fingerprint density at radius 2 is 1.86 bits per heavy atom. The second-order valence-electron chi connectivity index (χ2n) is 6.28. The SMILES string of the molecule is CS(=O)(=O)Cc1ccc(C(=O)OCC(=O)N(CCC#N)c2cccc(Cl)c2)cc1. The number of benzene rings is 2. The molecule has 2 aromatic carbocycles. The number of rotatable bonds is 8. The number of carbonyl (C=O) groups excluding carboxylic acids is 2. The van der Waals surface area contributed by atoms with Crippen molar-refractivity contribution in [2.45, 2.75) is 12.2 Å². The first-order valence-corrected chi connectivity index (χ1v) is 11.0. The summed E-state index contributed by atoms with van der Waals surface area (Å²) < 4.78 is 27.7. The lowest BCUT2D eigenvalue weighted by Gasteiger charge is -2.21. The second kappa shape index (κ2) is 10.0. The van der Waals surface area contributed by atoms with E-state index in [4.69, 9.17) is 21.6 Å². The minimum Gasteiger partial charge on any atom is -0.452 e. The van der Waals surface area contributed by atoms with E-state index < -0.39 is 28.3 Å². The number of halogens is 1. The van der Waals surface area contributed by atoms with Gasteiger partial charge in [0.15, 0.2) is 16.4 Å². The van der Waals surface area contributed by atoms with Crippen molar-refractivity contribution in [1.29, 1.82) is 5.26 Å². The molecule has 0 atom stereocenters. The zero-order chi connectivity index (χ0) is 21.4. The summed E-state index contributed by atoms with van der Waals surface area (Å²) in [6.07, 6.45) is 1.23. The monoisotopic (exact) mass is 434 g/mol. The van der Waals surface area contributed by atoms with Crippen LogP contribution < -0.4 is 4.90 Å². The molecule has 1 amide bonds. The molecule has 0 heterocycles. The van der Waals surface area contributed by atoms with Gasteiger partial charge in [-0.25, -0.2) is 13.2 Å². The number of carbonyl (C=O) groups is 2. The highest BCUT2D eigenvalue weighted by Gasteiger charge is 2.18. The summed E-state index contributed by atoms with van der Waals surface area (Å²) in [5, 5.41) is 9.25. The molecule has 152 valence electrons. The summed E-state index contributed by atoms with van der Waals surface area (Å²) in [5.41, 5.74) is 1.24. The molecule has 0 saturated heterocycles. The zero-order valence-corrected chi connectivity index (χ0v) is 17.2. The van der Waals surface area contributed by atoms with Crippen LogP contribution in [0.1, 0.15) is 22.3 Å². The third kappa shape index (κ3) is 7.22. The average Bonchev–Trinajstić information content (AvgIpc) is 2.66. The van der Waals surface area contributed by atoms with Crippen molar-refractivity contribution in [3.8, 4) is 6.07 Å². The van der Waals surface area contributed by atoms with E-state index in [-0.39, 0.29) is 24.3 Å². The van der Waals surface area contributed by atoms with Crippen molar-refractivity contribution in [1.82, 2.24) is 0 Å². The average molecular weight is 435 g/mol. The van der Waals surface area contributed by atoms with Crippen LogP contribution in [0, 0.1) is 11.3 Å². The van der Waals surface area contributed by atoms with Crippen LogP contribution in [0.3, 0.4) is 0 Å². The van der Waals surface area contributed by atoms with E-state index in [9.17, 15) is 18.0 Å². The third-order valence-electron chi connectivity index (χ3n) is 3.81. The van der Waals surface area contributed by atoms with Gasteiger partial charge in [-0.05, 0) is 35.9 Å². The molecular weight excluding hydrogens is 416 g/mol. The van der Waals surface area contributed by atoms with Crippen LogP contribution in [-0.2, 0) is 25.1 Å². The fraction of sp³-hybridized carbons (Fsp3) is 0.250. The quantitative estimate of drug-likeness (QED) is 0.591. The molecule has 0 radical (unpaired) electrons. The fourth-order valence-corrected chi connectivity index (χ4v) is 3.51. The van der Waals surface area contributed by atoms with Crippen LogP contribution in [0.25, 0.3) is 0 Å². The minimum atomic E-state index is -3.18. The standard InChI is InChI=1S/C20H19ClN2O5S/c1-29(26,27)14-15-6-8-16(9-7-15)20(25)28-13-19(24)23(11-3-10-22)18-5-2-4-17(21)12-18/h2,4-9,12H,3,11,13-14H2,1H3. The van der Waals surface area contributed by atoms with Crippen LogP contribution in [0.4, 0.5) is 5.69 Å². The number of nitriles is 1. The Labute approximate surface area is 174 Å². The number of nitrogens with zero attached hydrogens (tertiary/aromatic N) is 2. The van der Waals surface area contributed by atoms with E-state index >= 15 is 0 Å². The Hall–Kier alpha value is -2.89. The normalized spacial score (nSPS) is 10.8. The molecule has 0 aliphatic rings. The van der Waals surface area contributed by atoms with Crippen LogP contribution in [-0.4, -0.2) is 39.7 Å². The van der Waals surface area contributed by atoms with Crippen molar-refractivity contribution < 1.29 is 22.7 Å². The molecule has 0 saturated carbocycles. The lowest BCUT2D eigenvalue weighted by molar-refractivity contribution is -0.121. The highest BCUT2D eigenvalue weighted by atomic mass is 35.5. The molecule has 0 fully saturated rings. The summed E-state index contributed by atoms with van der Waals surface area (Å²) in [4.78, 5) is 26.1. The van der Waals surface area contributed by atoms with Crippen molar-refractivity contribution in [2.24, 2.45) is 0 Å². The molecule has 0 aliphatic carbocycles. The molecule has 9 heteroatoms. The molecule has 0 bridgehead atoms. The maximum Gasteiger partial charge on any atom is 0.338 e. The third-order valence-corrected chi connectivity index (χ3v) is 4.91. The van der Waals surface area contributed by atoms with Crippen molar-refractivity contribution in [2.75, 3.05) is 24.3 Å². The molecule has 0 aliphatic heterocycles. The van der Waals surface area contributed by atoms with Crippen LogP contribution in [0.2, 0.25) is 5.02 Å². The smallest absolute Gasteiger partial charge is 0.338 e. The number of amides is 1. The molecule has 0 N–H and O–H groups in total. The van der Waals surface area contributed by atoms with E-state index in [0.29, 0.717) is 16.3 Å². The predicted molar refractivity (Wildman–Crippen MR) is 109 cm³/mol. The molecule has 0 spiro atoms. The Balaban J connectivity index is 2.03. The van der Waals surface area contributed by atoms with Crippen molar-refractivity contribution >= 4 is 39.0 Å². The van der Waals surface area contributed by atoms with Crippen molar-refractivity contribution in [3.63, 3.8) is 0 Å². The molecule has 2 aromatic rings. The van der Waals surface area contributed by atoms with Gasteiger partial charge >= 0.3 is 5.97 Å². The maximum absolute atomic E-state index is 12.5. The van der Waals surface area contributed by atoms with Gasteiger partial charge in [-0.1, -0.05) is 29.8 Å². The van der Waals surface area contributed by atoms with Gasteiger partial charge in [0.25, 0.3) is 5.91 Å². The number of esters is 1. The largest absolute Gasteiger partial charge is 0.452 e. The van der Waals surface area contributed by atoms with Gasteiger partial charge in [0.1, 0.15) is 0 Å². The van der Waals surface area contributed by atoms with E-state index in [2.05, 4.69) is 0 Å². The molecule has 0 aromatic heterocycles. The van der Waals surface area contributed by atoms with E-state index in [1.165, 1.54) is 29.2 Å². The Kier molecular flexibility index (Phi) is 7.76. The molecule has 29 heavy (non-hydrogen) atoms. The summed E-state index contributed by atoms with van der Waals surface area (Å²) in [7, 11) is -3.18. The van der Waals surface area contributed by atoms with Gasteiger partial charge in [0.2, 0.25) is 0 Å². The van der Waals surface area contributed by atoms with Crippen LogP contribution in [0.5, 0.6) is 0 Å². The van der Waals surface area contributed by atoms with Crippen molar-refractivity contribution in [3.05, 3.63) is 64.7 Å². The number of hydrogen-bond acceptors (Lipinski definition) is 6. The van der Waals surface area contributed by atoms with Gasteiger partial charge in [0, 0.05) is 23.5 Å². The molecular formula is C20H19ClN2O5S. The first-order valence-electron chi connectivity index (χ1n) is 8.56. The Bertz CT molecular complexity index is 1030. The predicted octanol–water partition coefficient (Wildman–Crippen LogP) is 2.99. The van der Waals surface area contributed by atoms with Crippen LogP contribution >= 0.6 is 11.6 Å². The summed E-state index contributed by atoms with van der Waals surface area (Å²) >= 11 is 5.96. The van der Waals surface area contributed by atoms with Gasteiger partial charge in [-0.2, -0.15) is 5.26 Å². The van der Waals surface area contributed by atoms with Gasteiger partial charge < -0.3 is 9.64 Å². The zero-order valence-electron chi connectivity index (χ0n) is 15.7. The highest BCUT2D eigenvalue weighted by molar-refractivity contribution is 7.89. The number of anilines is 1. The van der Waals surface area contributed by atoms with Crippen LogP contribution in [0.15, 0.2) is 48.5 Å². The number of sulfone groups is 1. The summed E-state index contributed by atoms with van der Waals surface area (Å²) in [5.74, 6) is -1.34. The van der Waals surface area contributed by atoms with E-state index in [1.54, 1.807) is 24.3 Å². The first kappa shape index (κ1) is 22.4. The summed E-state index contributed by atoms with van der Waals surface area (Å²) in [6, 6.07) is 14.5. The van der Waals surface area contributed by atoms with Gasteiger partial charge in [-0.3, -0.25) is 4.79 Å². The lowest BCUT2D eigenvalue weighted by atomic mass is 10.1.